The molecule has 0 bridgehead atoms. The molecule has 4 heteroatoms. The predicted molar refractivity (Wildman–Crippen MR) is 56.9 cm³/mol. The number of hydrogen-bond acceptors (Lipinski definition) is 3. The van der Waals surface area contributed by atoms with E-state index in [1.807, 2.05) is 6.07 Å². The molecule has 1 aliphatic rings. The van der Waals surface area contributed by atoms with Crippen molar-refractivity contribution in [3.05, 3.63) is 22.6 Å². The molecule has 0 aromatic carbocycles. The van der Waals surface area contributed by atoms with Gasteiger partial charge in [0.05, 0.1) is 22.4 Å². The molecule has 0 spiro atoms. The van der Waals surface area contributed by atoms with Crippen LogP contribution in [0.25, 0.3) is 0 Å². The normalized spacial score (nSPS) is 21.6. The van der Waals surface area contributed by atoms with Crippen LogP contribution in [0.1, 0.15) is 31.1 Å². The highest BCUT2D eigenvalue weighted by Crippen LogP contribution is 2.45. The van der Waals surface area contributed by atoms with E-state index in [9.17, 15) is 0 Å². The van der Waals surface area contributed by atoms with Crippen LogP contribution in [0.15, 0.2) is 21.2 Å². The van der Waals surface area contributed by atoms with Crippen molar-refractivity contribution in [2.45, 2.75) is 30.9 Å². The van der Waals surface area contributed by atoms with Gasteiger partial charge in [-0.25, -0.2) is 0 Å². The summed E-state index contributed by atoms with van der Waals surface area (Å²) in [4.78, 5) is 0. The number of halogens is 1. The molecule has 2 N–H and O–H groups in total. The average Bonchev–Trinajstić information content (AvgIpc) is 2.50. The van der Waals surface area contributed by atoms with Gasteiger partial charge in [-0.3, -0.25) is 0 Å². The second-order valence-electron chi connectivity index (χ2n) is 3.73. The molecule has 14 heavy (non-hydrogen) atoms. The Hall–Kier alpha value is -0.320. The zero-order chi connectivity index (χ0) is 10.2. The summed E-state index contributed by atoms with van der Waals surface area (Å²) in [7, 11) is 1.72. The van der Waals surface area contributed by atoms with Crippen LogP contribution in [-0.2, 0) is 4.74 Å². The minimum atomic E-state index is -0.208. The van der Waals surface area contributed by atoms with Crippen molar-refractivity contribution in [2.75, 3.05) is 7.11 Å². The maximum Gasteiger partial charge on any atom is 0.137 e. The van der Waals surface area contributed by atoms with E-state index in [2.05, 4.69) is 15.9 Å². The molecule has 2 rings (SSSR count). The van der Waals surface area contributed by atoms with Crippen LogP contribution in [0.5, 0.6) is 0 Å². The minimum absolute atomic E-state index is 0.175. The number of rotatable bonds is 3. The van der Waals surface area contributed by atoms with Crippen molar-refractivity contribution in [2.24, 2.45) is 5.73 Å². The fraction of sp³-hybridized carbons (Fsp3) is 0.600. The van der Waals surface area contributed by atoms with E-state index in [0.717, 1.165) is 23.1 Å². The van der Waals surface area contributed by atoms with Crippen LogP contribution in [0.2, 0.25) is 0 Å². The Morgan fingerprint density at radius 1 is 1.64 bits per heavy atom. The van der Waals surface area contributed by atoms with E-state index in [-0.39, 0.29) is 11.6 Å². The summed E-state index contributed by atoms with van der Waals surface area (Å²) in [5.41, 5.74) is 5.93. The van der Waals surface area contributed by atoms with Gasteiger partial charge in [-0.15, -0.1) is 0 Å². The highest BCUT2D eigenvalue weighted by molar-refractivity contribution is 9.10. The first-order valence-corrected chi connectivity index (χ1v) is 5.52. The molecule has 1 aromatic rings. The summed E-state index contributed by atoms with van der Waals surface area (Å²) >= 11 is 3.41. The maximum atomic E-state index is 6.14. The average molecular weight is 260 g/mol. The largest absolute Gasteiger partial charge is 0.466 e. The van der Waals surface area contributed by atoms with Gasteiger partial charge in [0, 0.05) is 7.11 Å². The van der Waals surface area contributed by atoms with Gasteiger partial charge >= 0.3 is 0 Å². The fourth-order valence-electron chi connectivity index (χ4n) is 1.93. The summed E-state index contributed by atoms with van der Waals surface area (Å²) in [6, 6.07) is 1.68. The highest BCUT2D eigenvalue weighted by Gasteiger charge is 2.45. The molecule has 1 aromatic heterocycles. The van der Waals surface area contributed by atoms with Gasteiger partial charge < -0.3 is 14.9 Å². The van der Waals surface area contributed by atoms with Crippen LogP contribution < -0.4 is 5.73 Å². The first-order chi connectivity index (χ1) is 6.69. The first-order valence-electron chi connectivity index (χ1n) is 4.73. The van der Waals surface area contributed by atoms with Gasteiger partial charge in [-0.1, -0.05) is 0 Å². The third-order valence-corrected chi connectivity index (χ3v) is 3.76. The summed E-state index contributed by atoms with van der Waals surface area (Å²) in [6.07, 6.45) is 4.84. The Morgan fingerprint density at radius 3 is 2.71 bits per heavy atom. The molecule has 1 heterocycles. The Balaban J connectivity index is 2.22. The SMILES string of the molecule is COC1(C(N)c2occc2Br)CCC1. The molecule has 1 fully saturated rings. The van der Waals surface area contributed by atoms with Crippen molar-refractivity contribution < 1.29 is 9.15 Å². The van der Waals surface area contributed by atoms with Gasteiger partial charge in [-0.2, -0.15) is 0 Å². The van der Waals surface area contributed by atoms with Crippen molar-refractivity contribution in [1.82, 2.24) is 0 Å². The van der Waals surface area contributed by atoms with E-state index >= 15 is 0 Å². The number of methoxy groups -OCH3 is 1. The topological polar surface area (TPSA) is 48.4 Å². The molecule has 0 radical (unpaired) electrons. The molecule has 78 valence electrons. The number of ether oxygens (including phenoxy) is 1. The monoisotopic (exact) mass is 259 g/mol. The molecule has 1 atom stereocenters. The molecule has 1 unspecified atom stereocenters. The van der Waals surface area contributed by atoms with Crippen LogP contribution in [0.4, 0.5) is 0 Å². The van der Waals surface area contributed by atoms with Crippen LogP contribution in [0.3, 0.4) is 0 Å². The molecule has 3 nitrogen and oxygen atoms in total. The quantitative estimate of drug-likeness (QED) is 0.908. The number of nitrogens with two attached hydrogens (primary N) is 1. The molecule has 0 aliphatic heterocycles. The number of hydrogen-bond donors (Lipinski definition) is 1. The Bertz CT molecular complexity index is 314. The summed E-state index contributed by atoms with van der Waals surface area (Å²) in [5.74, 6) is 0.784. The first kappa shape index (κ1) is 10.2. The van der Waals surface area contributed by atoms with Crippen LogP contribution in [0, 0.1) is 0 Å². The molecule has 0 saturated heterocycles. The molecule has 1 aliphatic carbocycles. The summed E-state index contributed by atoms with van der Waals surface area (Å²) in [6.45, 7) is 0. The molecular weight excluding hydrogens is 246 g/mol. The number of furan rings is 1. The lowest BCUT2D eigenvalue weighted by Gasteiger charge is -2.44. The maximum absolute atomic E-state index is 6.14. The standard InChI is InChI=1S/C10H14BrNO2/c1-13-10(4-2-5-10)9(12)8-7(11)3-6-14-8/h3,6,9H,2,4-5,12H2,1H3. The lowest BCUT2D eigenvalue weighted by Crippen LogP contribution is -2.48. The van der Waals surface area contributed by atoms with E-state index in [4.69, 9.17) is 14.9 Å². The third-order valence-electron chi connectivity index (χ3n) is 3.10. The van der Waals surface area contributed by atoms with Gasteiger partial charge in [0.2, 0.25) is 0 Å². The van der Waals surface area contributed by atoms with E-state index in [1.165, 1.54) is 6.42 Å². The zero-order valence-corrected chi connectivity index (χ0v) is 9.71. The summed E-state index contributed by atoms with van der Waals surface area (Å²) in [5, 5.41) is 0. The van der Waals surface area contributed by atoms with Gasteiger partial charge in [0.25, 0.3) is 0 Å². The van der Waals surface area contributed by atoms with E-state index in [0.29, 0.717) is 0 Å². The van der Waals surface area contributed by atoms with Crippen molar-refractivity contribution in [3.63, 3.8) is 0 Å². The third kappa shape index (κ3) is 1.42. The Morgan fingerprint density at radius 2 is 2.36 bits per heavy atom. The van der Waals surface area contributed by atoms with Gasteiger partial charge in [0.15, 0.2) is 0 Å². The lowest BCUT2D eigenvalue weighted by molar-refractivity contribution is -0.0951. The van der Waals surface area contributed by atoms with Crippen LogP contribution >= 0.6 is 15.9 Å². The van der Waals surface area contributed by atoms with Gasteiger partial charge in [-0.05, 0) is 41.3 Å². The van der Waals surface area contributed by atoms with Gasteiger partial charge in [0.1, 0.15) is 5.76 Å². The fourth-order valence-corrected chi connectivity index (χ4v) is 2.38. The molecule has 0 amide bonds. The Labute approximate surface area is 91.7 Å². The molecular formula is C10H14BrNO2. The van der Waals surface area contributed by atoms with E-state index in [1.54, 1.807) is 13.4 Å². The van der Waals surface area contributed by atoms with Crippen molar-refractivity contribution in [3.8, 4) is 0 Å². The second-order valence-corrected chi connectivity index (χ2v) is 4.59. The highest BCUT2D eigenvalue weighted by atomic mass is 79.9. The summed E-state index contributed by atoms with van der Waals surface area (Å²) < 4.78 is 11.8. The minimum Gasteiger partial charge on any atom is -0.466 e. The van der Waals surface area contributed by atoms with E-state index < -0.39 is 0 Å². The smallest absolute Gasteiger partial charge is 0.137 e. The Kier molecular flexibility index (Phi) is 2.68. The predicted octanol–water partition coefficient (Wildman–Crippen LogP) is 2.61. The second kappa shape index (κ2) is 3.68. The van der Waals surface area contributed by atoms with Crippen LogP contribution in [-0.4, -0.2) is 12.7 Å². The molecule has 1 saturated carbocycles. The zero-order valence-electron chi connectivity index (χ0n) is 8.13. The van der Waals surface area contributed by atoms with Crippen molar-refractivity contribution in [1.29, 1.82) is 0 Å². The lowest BCUT2D eigenvalue weighted by atomic mass is 9.74. The van der Waals surface area contributed by atoms with Crippen molar-refractivity contribution >= 4 is 15.9 Å².